The summed E-state index contributed by atoms with van der Waals surface area (Å²) in [7, 11) is -6.75. The van der Waals surface area contributed by atoms with E-state index in [0.29, 0.717) is 0 Å². The predicted molar refractivity (Wildman–Crippen MR) is 104 cm³/mol. The van der Waals surface area contributed by atoms with E-state index in [9.17, 15) is 24.1 Å². The van der Waals surface area contributed by atoms with Crippen molar-refractivity contribution < 1.29 is 42.0 Å². The molecule has 170 valence electrons. The van der Waals surface area contributed by atoms with Crippen molar-refractivity contribution >= 4 is 32.5 Å². The monoisotopic (exact) mass is 479 g/mol. The summed E-state index contributed by atoms with van der Waals surface area (Å²) in [6.45, 7) is -0.628. The number of hydrogen-bond acceptors (Lipinski definition) is 13. The van der Waals surface area contributed by atoms with E-state index in [1.165, 1.54) is 10.9 Å². The second-order valence-corrected chi connectivity index (χ2v) is 9.93. The Labute approximate surface area is 174 Å². The number of fused-ring (bicyclic) bond motifs is 1. The molecule has 2 aromatic rings. The number of phosphoric acid groups is 1. The zero-order chi connectivity index (χ0) is 23.0. The van der Waals surface area contributed by atoms with Gasteiger partial charge in [-0.3, -0.25) is 23.4 Å². The van der Waals surface area contributed by atoms with Gasteiger partial charge in [-0.1, -0.05) is 0 Å². The number of aromatic nitrogens is 4. The quantitative estimate of drug-likeness (QED) is 0.279. The van der Waals surface area contributed by atoms with Crippen LogP contribution in [0.4, 0.5) is 5.95 Å². The first-order valence-electron chi connectivity index (χ1n) is 8.45. The van der Waals surface area contributed by atoms with Crippen LogP contribution in [-0.2, 0) is 31.7 Å². The second kappa shape index (κ2) is 8.79. The number of aromatic amines is 1. The van der Waals surface area contributed by atoms with Gasteiger partial charge in [-0.05, 0) is 0 Å². The largest absolute Gasteiger partial charge is 0.482 e. The Balaban J connectivity index is 1.79. The molecule has 6 atom stereocenters. The molecule has 0 aromatic carbocycles. The van der Waals surface area contributed by atoms with Gasteiger partial charge in [0.15, 0.2) is 17.4 Å². The fourth-order valence-electron chi connectivity index (χ4n) is 2.74. The number of imidazole rings is 1. The van der Waals surface area contributed by atoms with E-state index in [2.05, 4.69) is 24.0 Å². The SMILES string of the molecule is C#CP(=O)(OC)OP(=O)(OC)OC[C@H]1O[C@@H](n2cnc3c(=O)[nH]c(N)nc32)C(O)C1O. The Hall–Kier alpha value is -2.11. The summed E-state index contributed by atoms with van der Waals surface area (Å²) in [5, 5.41) is 20.7. The molecule has 3 heterocycles. The molecular weight excluding hydrogens is 460 g/mol. The minimum atomic E-state index is -4.48. The van der Waals surface area contributed by atoms with E-state index < -0.39 is 52.1 Å². The van der Waals surface area contributed by atoms with Gasteiger partial charge in [0.25, 0.3) is 5.56 Å². The molecule has 15 nitrogen and oxygen atoms in total. The fraction of sp³-hybridized carbons (Fsp3) is 0.500. The van der Waals surface area contributed by atoms with Gasteiger partial charge < -0.3 is 25.2 Å². The van der Waals surface area contributed by atoms with Gasteiger partial charge in [-0.25, -0.2) is 14.1 Å². The van der Waals surface area contributed by atoms with Crippen molar-refractivity contribution in [2.75, 3.05) is 26.6 Å². The molecule has 5 N–H and O–H groups in total. The van der Waals surface area contributed by atoms with Gasteiger partial charge >= 0.3 is 15.4 Å². The van der Waals surface area contributed by atoms with E-state index in [0.717, 1.165) is 14.2 Å². The number of aliphatic hydroxyl groups excluding tert-OH is 2. The van der Waals surface area contributed by atoms with Gasteiger partial charge in [-0.15, -0.1) is 6.42 Å². The third-order valence-corrected chi connectivity index (χ3v) is 7.66. The molecule has 1 saturated heterocycles. The number of hydrogen-bond donors (Lipinski definition) is 4. The minimum absolute atomic E-state index is 0.0000168. The Morgan fingerprint density at radius 3 is 2.68 bits per heavy atom. The van der Waals surface area contributed by atoms with Crippen molar-refractivity contribution in [1.29, 1.82) is 0 Å². The van der Waals surface area contributed by atoms with Gasteiger partial charge in [-0.2, -0.15) is 9.29 Å². The van der Waals surface area contributed by atoms with Crippen LogP contribution in [0, 0.1) is 12.1 Å². The summed E-state index contributed by atoms with van der Waals surface area (Å²) >= 11 is 0. The van der Waals surface area contributed by atoms with Crippen LogP contribution in [0.1, 0.15) is 6.23 Å². The van der Waals surface area contributed by atoms with E-state index in [4.69, 9.17) is 25.7 Å². The zero-order valence-electron chi connectivity index (χ0n) is 16.1. The van der Waals surface area contributed by atoms with Gasteiger partial charge in [0.05, 0.1) is 12.9 Å². The smallest absolute Gasteiger partial charge is 0.387 e. The first kappa shape index (κ1) is 23.6. The summed E-state index contributed by atoms with van der Waals surface area (Å²) in [5.74, 6) is -0.193. The summed E-state index contributed by atoms with van der Waals surface area (Å²) in [4.78, 5) is 22.0. The summed E-state index contributed by atoms with van der Waals surface area (Å²) < 4.78 is 50.2. The molecule has 17 heteroatoms. The lowest BCUT2D eigenvalue weighted by Crippen LogP contribution is -2.33. The highest BCUT2D eigenvalue weighted by Gasteiger charge is 2.46. The number of nitrogen functional groups attached to an aromatic ring is 1. The number of H-pyrrole nitrogens is 1. The fourth-order valence-corrected chi connectivity index (χ4v) is 5.25. The first-order valence-corrected chi connectivity index (χ1v) is 11.5. The third kappa shape index (κ3) is 4.58. The number of ether oxygens (including phenoxy) is 1. The lowest BCUT2D eigenvalue weighted by Gasteiger charge is -2.21. The number of terminal acetylenes is 1. The first-order chi connectivity index (χ1) is 14.6. The summed E-state index contributed by atoms with van der Waals surface area (Å²) in [6, 6.07) is 0. The van der Waals surface area contributed by atoms with Crippen LogP contribution in [0.3, 0.4) is 0 Å². The average Bonchev–Trinajstić information content (AvgIpc) is 3.28. The number of rotatable bonds is 8. The van der Waals surface area contributed by atoms with Gasteiger partial charge in [0, 0.05) is 19.9 Å². The normalized spacial score (nSPS) is 27.6. The molecule has 2 aromatic heterocycles. The number of aliphatic hydroxyl groups is 2. The van der Waals surface area contributed by atoms with Crippen LogP contribution in [-0.4, -0.2) is 68.9 Å². The minimum Gasteiger partial charge on any atom is -0.387 e. The van der Waals surface area contributed by atoms with Crippen LogP contribution in [0.5, 0.6) is 0 Å². The molecule has 0 amide bonds. The maximum Gasteiger partial charge on any atom is 0.482 e. The van der Waals surface area contributed by atoms with E-state index in [1.807, 2.05) is 0 Å². The molecule has 0 radical (unpaired) electrons. The molecule has 4 unspecified atom stereocenters. The number of phosphoric ester groups is 1. The number of nitrogens with zero attached hydrogens (tertiary/aromatic N) is 3. The summed E-state index contributed by atoms with van der Waals surface area (Å²) in [5.41, 5.74) is 6.58. The maximum absolute atomic E-state index is 12.5. The molecule has 3 rings (SSSR count). The lowest BCUT2D eigenvalue weighted by molar-refractivity contribution is -0.0506. The third-order valence-electron chi connectivity index (χ3n) is 4.29. The number of nitrogens with two attached hydrogens (primary N) is 1. The van der Waals surface area contributed by atoms with Crippen molar-refractivity contribution in [3.8, 4) is 12.1 Å². The second-order valence-electron chi connectivity index (χ2n) is 6.14. The Morgan fingerprint density at radius 1 is 1.35 bits per heavy atom. The summed E-state index contributed by atoms with van der Waals surface area (Å²) in [6.07, 6.45) is 0.647. The van der Waals surface area contributed by atoms with Crippen LogP contribution < -0.4 is 11.3 Å². The molecule has 0 saturated carbocycles. The number of anilines is 1. The Morgan fingerprint density at radius 2 is 2.06 bits per heavy atom. The molecule has 1 aliphatic rings. The van der Waals surface area contributed by atoms with Crippen molar-refractivity contribution in [1.82, 2.24) is 19.5 Å². The topological polar surface area (TPSA) is 210 Å². The predicted octanol–water partition coefficient (Wildman–Crippen LogP) is -0.461. The standard InChI is InChI=1S/C14H19N5O10P2/c1-4-30(23,25-2)29-31(24,26-3)27-5-7-9(20)10(21)13(28-7)19-6-16-8-11(19)17-14(15)18-12(8)22/h1,6-7,9-10,13,20-21H,5H2,2-3H3,(H3,15,17,18,22)/t7-,9?,10?,13-,30?,31?/m1/s1. The Kier molecular flexibility index (Phi) is 6.68. The van der Waals surface area contributed by atoms with Crippen LogP contribution in [0.2, 0.25) is 0 Å². The molecule has 1 aliphatic heterocycles. The molecule has 0 aliphatic carbocycles. The lowest BCUT2D eigenvalue weighted by atomic mass is 10.1. The van der Waals surface area contributed by atoms with E-state index >= 15 is 0 Å². The van der Waals surface area contributed by atoms with E-state index in [-0.39, 0.29) is 17.1 Å². The van der Waals surface area contributed by atoms with Crippen molar-refractivity contribution in [2.24, 2.45) is 0 Å². The molecular formula is C14H19N5O10P2. The van der Waals surface area contributed by atoms with Crippen molar-refractivity contribution in [3.05, 3.63) is 16.7 Å². The average molecular weight is 479 g/mol. The van der Waals surface area contributed by atoms with Crippen molar-refractivity contribution in [2.45, 2.75) is 24.5 Å². The highest BCUT2D eigenvalue weighted by molar-refractivity contribution is 7.68. The molecule has 0 bridgehead atoms. The van der Waals surface area contributed by atoms with Crippen LogP contribution in [0.25, 0.3) is 11.2 Å². The maximum atomic E-state index is 12.5. The molecule has 1 fully saturated rings. The van der Waals surface area contributed by atoms with Crippen LogP contribution >= 0.6 is 15.4 Å². The van der Waals surface area contributed by atoms with Crippen LogP contribution in [0.15, 0.2) is 11.1 Å². The zero-order valence-corrected chi connectivity index (χ0v) is 17.9. The highest BCUT2D eigenvalue weighted by atomic mass is 31.3. The van der Waals surface area contributed by atoms with Crippen molar-refractivity contribution in [3.63, 3.8) is 0 Å². The van der Waals surface area contributed by atoms with E-state index in [1.54, 1.807) is 5.66 Å². The Bertz CT molecular complexity index is 1160. The molecule has 0 spiro atoms. The molecule has 31 heavy (non-hydrogen) atoms. The van der Waals surface area contributed by atoms with Gasteiger partial charge in [0.2, 0.25) is 5.95 Å². The highest BCUT2D eigenvalue weighted by Crippen LogP contribution is 2.64. The van der Waals surface area contributed by atoms with Gasteiger partial charge in [0.1, 0.15) is 18.3 Å². The number of nitrogens with one attached hydrogen (secondary N) is 1.